The highest BCUT2D eigenvalue weighted by molar-refractivity contribution is 5.98. The molecule has 0 fully saturated rings. The van der Waals surface area contributed by atoms with Crippen LogP contribution >= 0.6 is 0 Å². The van der Waals surface area contributed by atoms with E-state index in [0.717, 1.165) is 17.7 Å². The number of benzene rings is 1. The van der Waals surface area contributed by atoms with Crippen LogP contribution in [0.15, 0.2) is 30.4 Å². The predicted octanol–water partition coefficient (Wildman–Crippen LogP) is 3.04. The third-order valence-corrected chi connectivity index (χ3v) is 3.30. The standard InChI is InChI=1S/C18H19NO4/c1-4-6-22-18(20)15(11-19)8-14-10-17-13(7-12(3)23-17)9-16(14)21-5-2/h4,8-10,12H,1,5-7H2,2-3H3/b15-8+. The van der Waals surface area contributed by atoms with Crippen LogP contribution in [0.4, 0.5) is 0 Å². The average molecular weight is 313 g/mol. The van der Waals surface area contributed by atoms with Gasteiger partial charge in [0.25, 0.3) is 0 Å². The summed E-state index contributed by atoms with van der Waals surface area (Å²) in [7, 11) is 0. The van der Waals surface area contributed by atoms with Crippen molar-refractivity contribution in [2.75, 3.05) is 13.2 Å². The quantitative estimate of drug-likeness (QED) is 0.349. The molecular weight excluding hydrogens is 294 g/mol. The molecule has 120 valence electrons. The summed E-state index contributed by atoms with van der Waals surface area (Å²) >= 11 is 0. The van der Waals surface area contributed by atoms with Crippen LogP contribution in [0.5, 0.6) is 11.5 Å². The van der Waals surface area contributed by atoms with E-state index in [1.165, 1.54) is 12.2 Å². The maximum absolute atomic E-state index is 11.9. The lowest BCUT2D eigenvalue weighted by atomic mass is 10.0. The molecule has 0 bridgehead atoms. The molecule has 23 heavy (non-hydrogen) atoms. The van der Waals surface area contributed by atoms with E-state index in [2.05, 4.69) is 6.58 Å². The van der Waals surface area contributed by atoms with Crippen molar-refractivity contribution in [2.45, 2.75) is 26.4 Å². The third kappa shape index (κ3) is 3.92. The third-order valence-electron chi connectivity index (χ3n) is 3.30. The lowest BCUT2D eigenvalue weighted by Crippen LogP contribution is -2.07. The van der Waals surface area contributed by atoms with Crippen LogP contribution in [0, 0.1) is 11.3 Å². The number of ether oxygens (including phenoxy) is 3. The van der Waals surface area contributed by atoms with Gasteiger partial charge < -0.3 is 14.2 Å². The summed E-state index contributed by atoms with van der Waals surface area (Å²) in [5.74, 6) is 0.682. The van der Waals surface area contributed by atoms with Gasteiger partial charge in [0.2, 0.25) is 0 Å². The first-order valence-corrected chi connectivity index (χ1v) is 7.45. The van der Waals surface area contributed by atoms with Gasteiger partial charge in [-0.1, -0.05) is 12.7 Å². The summed E-state index contributed by atoms with van der Waals surface area (Å²) in [6.07, 6.45) is 3.82. The maximum atomic E-state index is 11.9. The number of carbonyl (C=O) groups is 1. The first kappa shape index (κ1) is 16.6. The number of nitriles is 1. The van der Waals surface area contributed by atoms with E-state index in [-0.39, 0.29) is 18.3 Å². The predicted molar refractivity (Wildman–Crippen MR) is 86.2 cm³/mol. The second kappa shape index (κ2) is 7.50. The molecule has 0 aliphatic carbocycles. The Bertz CT molecular complexity index is 685. The Hall–Kier alpha value is -2.74. The Kier molecular flexibility index (Phi) is 5.42. The van der Waals surface area contributed by atoms with Gasteiger partial charge in [-0.2, -0.15) is 5.26 Å². The van der Waals surface area contributed by atoms with Gasteiger partial charge in [-0.05, 0) is 32.1 Å². The number of fused-ring (bicyclic) bond motifs is 1. The molecule has 0 radical (unpaired) electrons. The molecule has 1 atom stereocenters. The van der Waals surface area contributed by atoms with Crippen LogP contribution in [0.25, 0.3) is 6.08 Å². The molecule has 0 saturated carbocycles. The molecular formula is C18H19NO4. The van der Waals surface area contributed by atoms with Gasteiger partial charge in [0.15, 0.2) is 0 Å². The van der Waals surface area contributed by atoms with Gasteiger partial charge in [-0.3, -0.25) is 0 Å². The molecule has 1 aliphatic heterocycles. The molecule has 0 N–H and O–H groups in total. The second-order valence-corrected chi connectivity index (χ2v) is 5.12. The Balaban J connectivity index is 2.38. The van der Waals surface area contributed by atoms with Crippen molar-refractivity contribution in [2.24, 2.45) is 0 Å². The molecule has 1 aromatic rings. The summed E-state index contributed by atoms with van der Waals surface area (Å²) in [5, 5.41) is 9.20. The number of carbonyl (C=O) groups excluding carboxylic acids is 1. The number of hydrogen-bond acceptors (Lipinski definition) is 5. The number of rotatable bonds is 6. The van der Waals surface area contributed by atoms with Crippen LogP contribution in [0.3, 0.4) is 0 Å². The monoisotopic (exact) mass is 313 g/mol. The summed E-state index contributed by atoms with van der Waals surface area (Å²) < 4.78 is 16.3. The molecule has 2 rings (SSSR count). The molecule has 0 saturated heterocycles. The van der Waals surface area contributed by atoms with E-state index in [9.17, 15) is 10.1 Å². The topological polar surface area (TPSA) is 68.6 Å². The Morgan fingerprint density at radius 3 is 3.00 bits per heavy atom. The van der Waals surface area contributed by atoms with E-state index in [1.54, 1.807) is 6.07 Å². The van der Waals surface area contributed by atoms with Gasteiger partial charge in [-0.15, -0.1) is 0 Å². The first-order valence-electron chi connectivity index (χ1n) is 7.45. The van der Waals surface area contributed by atoms with E-state index in [1.807, 2.05) is 26.0 Å². The highest BCUT2D eigenvalue weighted by Crippen LogP contribution is 2.36. The van der Waals surface area contributed by atoms with E-state index < -0.39 is 5.97 Å². The zero-order chi connectivity index (χ0) is 16.8. The van der Waals surface area contributed by atoms with Crippen molar-refractivity contribution < 1.29 is 19.0 Å². The Morgan fingerprint density at radius 2 is 2.35 bits per heavy atom. The summed E-state index contributed by atoms with van der Waals surface area (Å²) in [4.78, 5) is 11.9. The van der Waals surface area contributed by atoms with Gasteiger partial charge in [0.05, 0.1) is 6.61 Å². The van der Waals surface area contributed by atoms with Crippen LogP contribution in [-0.4, -0.2) is 25.3 Å². The minimum Gasteiger partial charge on any atom is -0.493 e. The zero-order valence-electron chi connectivity index (χ0n) is 13.3. The largest absolute Gasteiger partial charge is 0.493 e. The van der Waals surface area contributed by atoms with Crippen LogP contribution in [0.2, 0.25) is 0 Å². The lowest BCUT2D eigenvalue weighted by Gasteiger charge is -2.10. The minimum atomic E-state index is -0.690. The molecule has 0 amide bonds. The van der Waals surface area contributed by atoms with Crippen LogP contribution < -0.4 is 9.47 Å². The first-order chi connectivity index (χ1) is 11.1. The molecule has 0 spiro atoms. The van der Waals surface area contributed by atoms with Crippen LogP contribution in [-0.2, 0) is 16.0 Å². The number of hydrogen-bond donors (Lipinski definition) is 0. The van der Waals surface area contributed by atoms with Crippen molar-refractivity contribution in [1.82, 2.24) is 0 Å². The molecule has 1 heterocycles. The fraction of sp³-hybridized carbons (Fsp3) is 0.333. The average Bonchev–Trinajstić information content (AvgIpc) is 2.89. The molecule has 1 aromatic carbocycles. The summed E-state index contributed by atoms with van der Waals surface area (Å²) in [6, 6.07) is 5.56. The zero-order valence-corrected chi connectivity index (χ0v) is 13.3. The van der Waals surface area contributed by atoms with E-state index >= 15 is 0 Å². The second-order valence-electron chi connectivity index (χ2n) is 5.12. The Morgan fingerprint density at radius 1 is 1.57 bits per heavy atom. The van der Waals surface area contributed by atoms with Gasteiger partial charge >= 0.3 is 5.97 Å². The minimum absolute atomic E-state index is 0.0565. The van der Waals surface area contributed by atoms with Crippen molar-refractivity contribution in [3.05, 3.63) is 41.5 Å². The molecule has 5 heteroatoms. The maximum Gasteiger partial charge on any atom is 0.349 e. The normalized spacial score (nSPS) is 16.0. The number of esters is 1. The van der Waals surface area contributed by atoms with Crippen LogP contribution in [0.1, 0.15) is 25.0 Å². The SMILES string of the molecule is C=CCOC(=O)/C(C#N)=C/c1cc2c(cc1OCC)CC(C)O2. The fourth-order valence-corrected chi connectivity index (χ4v) is 2.35. The summed E-state index contributed by atoms with van der Waals surface area (Å²) in [5.41, 5.74) is 1.58. The molecule has 1 aliphatic rings. The highest BCUT2D eigenvalue weighted by Gasteiger charge is 2.22. The molecule has 0 aromatic heterocycles. The van der Waals surface area contributed by atoms with E-state index in [0.29, 0.717) is 17.9 Å². The van der Waals surface area contributed by atoms with E-state index in [4.69, 9.17) is 14.2 Å². The van der Waals surface area contributed by atoms with Gasteiger partial charge in [0.1, 0.15) is 35.9 Å². The fourth-order valence-electron chi connectivity index (χ4n) is 2.35. The van der Waals surface area contributed by atoms with Crippen molar-refractivity contribution in [3.63, 3.8) is 0 Å². The lowest BCUT2D eigenvalue weighted by molar-refractivity contribution is -0.137. The van der Waals surface area contributed by atoms with Gasteiger partial charge in [-0.25, -0.2) is 4.79 Å². The molecule has 1 unspecified atom stereocenters. The number of nitrogens with zero attached hydrogens (tertiary/aromatic N) is 1. The van der Waals surface area contributed by atoms with Crippen molar-refractivity contribution in [3.8, 4) is 17.6 Å². The highest BCUT2D eigenvalue weighted by atomic mass is 16.5. The molecule has 5 nitrogen and oxygen atoms in total. The van der Waals surface area contributed by atoms with Crippen molar-refractivity contribution in [1.29, 1.82) is 5.26 Å². The van der Waals surface area contributed by atoms with Gasteiger partial charge in [0, 0.05) is 17.5 Å². The summed E-state index contributed by atoms with van der Waals surface area (Å²) in [6.45, 7) is 7.88. The smallest absolute Gasteiger partial charge is 0.349 e. The van der Waals surface area contributed by atoms with Crippen molar-refractivity contribution >= 4 is 12.0 Å². The Labute approximate surface area is 135 Å².